The molecule has 1 aliphatic carbocycles. The lowest BCUT2D eigenvalue weighted by atomic mass is 9.89. The minimum absolute atomic E-state index is 0.138. The molecule has 1 heterocycles. The predicted molar refractivity (Wildman–Crippen MR) is 103 cm³/mol. The van der Waals surface area contributed by atoms with E-state index in [2.05, 4.69) is 0 Å². The number of ketones is 1. The number of fused-ring (bicyclic) bond motifs is 2. The molecule has 0 aromatic heterocycles. The van der Waals surface area contributed by atoms with Crippen molar-refractivity contribution in [2.45, 2.75) is 5.79 Å². The van der Waals surface area contributed by atoms with Crippen molar-refractivity contribution in [2.75, 3.05) is 6.54 Å². The molecule has 5 rings (SSSR count). The summed E-state index contributed by atoms with van der Waals surface area (Å²) in [5.41, 5.74) is 5.89. The number of esters is 1. The first-order valence-electron chi connectivity index (χ1n) is 8.93. The summed E-state index contributed by atoms with van der Waals surface area (Å²) >= 11 is 0. The maximum atomic E-state index is 12.3. The quantitative estimate of drug-likeness (QED) is 0.512. The van der Waals surface area contributed by atoms with Gasteiger partial charge in [-0.1, -0.05) is 18.2 Å². The van der Waals surface area contributed by atoms with Crippen molar-refractivity contribution >= 4 is 22.5 Å². The average molecular weight is 389 g/mol. The molecule has 1 atom stereocenters. The van der Waals surface area contributed by atoms with Crippen LogP contribution in [-0.2, 0) is 10.6 Å². The van der Waals surface area contributed by atoms with E-state index in [1.807, 2.05) is 0 Å². The van der Waals surface area contributed by atoms with Crippen molar-refractivity contribution in [2.24, 2.45) is 5.73 Å². The fraction of sp³-hybridized carbons (Fsp3) is 0.0909. The van der Waals surface area contributed by atoms with E-state index in [1.54, 1.807) is 42.5 Å². The van der Waals surface area contributed by atoms with E-state index < -0.39 is 11.8 Å². The summed E-state index contributed by atoms with van der Waals surface area (Å²) in [7, 11) is 0. The Balaban J connectivity index is 1.68. The van der Waals surface area contributed by atoms with Crippen LogP contribution in [0.5, 0.6) is 23.0 Å². The standard InChI is InChI=1S/C22H15NO6/c23-11-19(26)27-16-7-8-18-20-12(16)3-1-6-17(20)28-22(29-18)10-9-15(25)21-13(22)4-2-5-14(21)24/h1-10,24H,11,23H2. The summed E-state index contributed by atoms with van der Waals surface area (Å²) in [4.78, 5) is 24.0. The zero-order valence-electron chi connectivity index (χ0n) is 15.0. The number of phenols is 1. The first kappa shape index (κ1) is 17.3. The number of rotatable bonds is 2. The molecule has 2 aliphatic rings. The average Bonchev–Trinajstić information content (AvgIpc) is 2.73. The molecule has 0 fully saturated rings. The fourth-order valence-electron chi connectivity index (χ4n) is 3.71. The number of benzene rings is 3. The first-order valence-corrected chi connectivity index (χ1v) is 8.93. The van der Waals surface area contributed by atoms with Crippen LogP contribution in [0.25, 0.3) is 10.8 Å². The number of ether oxygens (including phenoxy) is 3. The van der Waals surface area contributed by atoms with Crippen molar-refractivity contribution < 1.29 is 28.9 Å². The van der Waals surface area contributed by atoms with Gasteiger partial charge in [-0.3, -0.25) is 9.59 Å². The van der Waals surface area contributed by atoms with Gasteiger partial charge in [0.2, 0.25) is 0 Å². The van der Waals surface area contributed by atoms with E-state index in [1.165, 1.54) is 18.2 Å². The molecular formula is C22H15NO6. The van der Waals surface area contributed by atoms with E-state index in [0.717, 1.165) is 0 Å². The summed E-state index contributed by atoms with van der Waals surface area (Å²) in [5.74, 6) is -1.11. The Morgan fingerprint density at radius 3 is 2.62 bits per heavy atom. The van der Waals surface area contributed by atoms with Crippen LogP contribution in [0.4, 0.5) is 0 Å². The van der Waals surface area contributed by atoms with Crippen LogP contribution >= 0.6 is 0 Å². The summed E-state index contributed by atoms with van der Waals surface area (Å²) in [6.07, 6.45) is 2.85. The number of allylic oxidation sites excluding steroid dienone is 1. The summed E-state index contributed by atoms with van der Waals surface area (Å²) in [5, 5.41) is 11.5. The van der Waals surface area contributed by atoms with Gasteiger partial charge in [-0.25, -0.2) is 0 Å². The Morgan fingerprint density at radius 2 is 1.83 bits per heavy atom. The third kappa shape index (κ3) is 2.48. The molecule has 3 aromatic carbocycles. The number of hydrogen-bond donors (Lipinski definition) is 2. The van der Waals surface area contributed by atoms with Crippen LogP contribution in [-0.4, -0.2) is 23.4 Å². The molecule has 0 bridgehead atoms. The monoisotopic (exact) mass is 389 g/mol. The van der Waals surface area contributed by atoms with Gasteiger partial charge in [-0.05, 0) is 36.4 Å². The van der Waals surface area contributed by atoms with Crippen LogP contribution < -0.4 is 19.9 Å². The number of carbonyl (C=O) groups excluding carboxylic acids is 2. The maximum absolute atomic E-state index is 12.3. The molecule has 3 aromatic rings. The lowest BCUT2D eigenvalue weighted by Crippen LogP contribution is -2.42. The summed E-state index contributed by atoms with van der Waals surface area (Å²) < 4.78 is 17.7. The highest BCUT2D eigenvalue weighted by Crippen LogP contribution is 2.49. The van der Waals surface area contributed by atoms with Gasteiger partial charge in [0.1, 0.15) is 23.0 Å². The largest absolute Gasteiger partial charge is 0.507 e. The van der Waals surface area contributed by atoms with Gasteiger partial charge in [0.05, 0.1) is 23.1 Å². The van der Waals surface area contributed by atoms with Crippen LogP contribution in [0, 0.1) is 0 Å². The van der Waals surface area contributed by atoms with Gasteiger partial charge in [0.25, 0.3) is 5.79 Å². The van der Waals surface area contributed by atoms with Crippen molar-refractivity contribution in [1.29, 1.82) is 0 Å². The van der Waals surface area contributed by atoms with Gasteiger partial charge in [-0.15, -0.1) is 0 Å². The molecule has 0 radical (unpaired) electrons. The Hall–Kier alpha value is -3.84. The Labute approximate surface area is 164 Å². The second kappa shape index (κ2) is 6.08. The molecule has 3 N–H and O–H groups in total. The SMILES string of the molecule is NCC(=O)Oc1ccc2c3c(cccc13)OC1(C=CC(=O)c3c(O)cccc31)O2. The molecule has 1 unspecified atom stereocenters. The Bertz CT molecular complexity index is 1220. The molecule has 0 saturated carbocycles. The maximum Gasteiger partial charge on any atom is 0.325 e. The van der Waals surface area contributed by atoms with E-state index >= 15 is 0 Å². The second-order valence-corrected chi connectivity index (χ2v) is 6.69. The number of hydrogen-bond acceptors (Lipinski definition) is 7. The van der Waals surface area contributed by atoms with Gasteiger partial charge in [0.15, 0.2) is 5.78 Å². The minimum Gasteiger partial charge on any atom is -0.507 e. The van der Waals surface area contributed by atoms with E-state index in [9.17, 15) is 14.7 Å². The molecule has 29 heavy (non-hydrogen) atoms. The smallest absolute Gasteiger partial charge is 0.325 e. The van der Waals surface area contributed by atoms with Crippen LogP contribution in [0.3, 0.4) is 0 Å². The van der Waals surface area contributed by atoms with E-state index in [0.29, 0.717) is 33.6 Å². The number of phenolic OH excluding ortho intramolecular Hbond substituents is 1. The second-order valence-electron chi connectivity index (χ2n) is 6.69. The third-order valence-corrected chi connectivity index (χ3v) is 4.96. The van der Waals surface area contributed by atoms with Crippen molar-refractivity contribution in [3.8, 4) is 23.0 Å². The molecule has 7 heteroatoms. The topological polar surface area (TPSA) is 108 Å². The summed E-state index contributed by atoms with van der Waals surface area (Å²) in [6.45, 7) is -0.238. The van der Waals surface area contributed by atoms with Gasteiger partial charge >= 0.3 is 5.97 Å². The molecule has 0 saturated heterocycles. The Kier molecular flexibility index (Phi) is 3.62. The van der Waals surface area contributed by atoms with Crippen LogP contribution in [0.15, 0.2) is 60.7 Å². The van der Waals surface area contributed by atoms with E-state index in [4.69, 9.17) is 19.9 Å². The van der Waals surface area contributed by atoms with E-state index in [-0.39, 0.29) is 23.6 Å². The fourth-order valence-corrected chi connectivity index (χ4v) is 3.71. The molecular weight excluding hydrogens is 374 g/mol. The molecule has 1 spiro atoms. The highest BCUT2D eigenvalue weighted by Gasteiger charge is 2.45. The van der Waals surface area contributed by atoms with Crippen molar-refractivity contribution in [1.82, 2.24) is 0 Å². The highest BCUT2D eigenvalue weighted by atomic mass is 16.7. The summed E-state index contributed by atoms with van der Waals surface area (Å²) in [6, 6.07) is 13.3. The first-order chi connectivity index (χ1) is 14.0. The Morgan fingerprint density at radius 1 is 1.07 bits per heavy atom. The van der Waals surface area contributed by atoms with Gasteiger partial charge in [0, 0.05) is 11.5 Å². The minimum atomic E-state index is -1.40. The molecule has 1 aliphatic heterocycles. The normalized spacial score (nSPS) is 18.9. The predicted octanol–water partition coefficient (Wildman–Crippen LogP) is 2.79. The van der Waals surface area contributed by atoms with Crippen molar-refractivity contribution in [3.05, 3.63) is 71.8 Å². The number of nitrogens with two attached hydrogens (primary N) is 1. The lowest BCUT2D eigenvalue weighted by Gasteiger charge is -2.39. The third-order valence-electron chi connectivity index (χ3n) is 4.96. The molecule has 0 amide bonds. The zero-order chi connectivity index (χ0) is 20.2. The number of aromatic hydroxyl groups is 1. The van der Waals surface area contributed by atoms with Crippen LogP contribution in [0.1, 0.15) is 15.9 Å². The lowest BCUT2D eigenvalue weighted by molar-refractivity contribution is -0.132. The highest BCUT2D eigenvalue weighted by molar-refractivity contribution is 6.09. The molecule has 7 nitrogen and oxygen atoms in total. The number of carbonyl (C=O) groups is 2. The van der Waals surface area contributed by atoms with Gasteiger partial charge in [-0.2, -0.15) is 0 Å². The van der Waals surface area contributed by atoms with Crippen molar-refractivity contribution in [3.63, 3.8) is 0 Å². The van der Waals surface area contributed by atoms with Gasteiger partial charge < -0.3 is 25.1 Å². The van der Waals surface area contributed by atoms with Crippen LogP contribution in [0.2, 0.25) is 0 Å². The molecule has 144 valence electrons. The zero-order valence-corrected chi connectivity index (χ0v) is 15.0.